The van der Waals surface area contributed by atoms with Crippen LogP contribution in [0.4, 0.5) is 0 Å². The molecule has 1 N–H and O–H groups in total. The standard InChI is InChI=1S/C13H18O/c1-4-6-11-8-10(3)9-13(14)12(11)7-5-2/h5,8-9,14H,2,4,6-7H2,1,3H3. The van der Waals surface area contributed by atoms with Crippen LogP contribution in [0.3, 0.4) is 0 Å². The van der Waals surface area contributed by atoms with Crippen LogP contribution in [-0.2, 0) is 12.8 Å². The molecule has 0 heterocycles. The van der Waals surface area contributed by atoms with Crippen LogP contribution in [-0.4, -0.2) is 5.11 Å². The van der Waals surface area contributed by atoms with E-state index < -0.39 is 0 Å². The molecule has 0 aliphatic carbocycles. The summed E-state index contributed by atoms with van der Waals surface area (Å²) in [5.41, 5.74) is 3.41. The van der Waals surface area contributed by atoms with Crippen molar-refractivity contribution in [3.05, 3.63) is 41.5 Å². The second-order valence-corrected chi connectivity index (χ2v) is 3.66. The van der Waals surface area contributed by atoms with Crippen molar-refractivity contribution in [1.82, 2.24) is 0 Å². The molecule has 0 radical (unpaired) electrons. The van der Waals surface area contributed by atoms with Gasteiger partial charge in [-0.2, -0.15) is 0 Å². The number of hydrogen-bond donors (Lipinski definition) is 1. The molecule has 0 fully saturated rings. The minimum atomic E-state index is 0.411. The zero-order chi connectivity index (χ0) is 10.6. The van der Waals surface area contributed by atoms with Gasteiger partial charge in [-0.1, -0.05) is 25.5 Å². The van der Waals surface area contributed by atoms with Crippen LogP contribution < -0.4 is 0 Å². The highest BCUT2D eigenvalue weighted by Crippen LogP contribution is 2.25. The van der Waals surface area contributed by atoms with Gasteiger partial charge in [0.25, 0.3) is 0 Å². The zero-order valence-electron chi connectivity index (χ0n) is 9.01. The van der Waals surface area contributed by atoms with Crippen molar-refractivity contribution < 1.29 is 5.11 Å². The molecule has 1 heteroatoms. The molecule has 0 aliphatic heterocycles. The van der Waals surface area contributed by atoms with Crippen LogP contribution in [0.1, 0.15) is 30.0 Å². The Morgan fingerprint density at radius 3 is 2.71 bits per heavy atom. The van der Waals surface area contributed by atoms with E-state index >= 15 is 0 Å². The first-order valence-electron chi connectivity index (χ1n) is 5.11. The highest BCUT2D eigenvalue weighted by Gasteiger charge is 2.06. The number of aryl methyl sites for hydroxylation is 2. The van der Waals surface area contributed by atoms with Gasteiger partial charge in [-0.05, 0) is 37.0 Å². The molecule has 0 spiro atoms. The van der Waals surface area contributed by atoms with Crippen molar-refractivity contribution in [2.45, 2.75) is 33.1 Å². The van der Waals surface area contributed by atoms with E-state index in [1.165, 1.54) is 5.56 Å². The number of benzene rings is 1. The van der Waals surface area contributed by atoms with Crippen LogP contribution in [0.5, 0.6) is 5.75 Å². The summed E-state index contributed by atoms with van der Waals surface area (Å²) in [6.07, 6.45) is 4.72. The summed E-state index contributed by atoms with van der Waals surface area (Å²) >= 11 is 0. The Morgan fingerprint density at radius 1 is 1.43 bits per heavy atom. The molecule has 0 aromatic heterocycles. The van der Waals surface area contributed by atoms with Crippen LogP contribution in [0.2, 0.25) is 0 Å². The van der Waals surface area contributed by atoms with Crippen LogP contribution in [0.15, 0.2) is 24.8 Å². The third-order valence-corrected chi connectivity index (χ3v) is 2.33. The molecule has 0 atom stereocenters. The maximum atomic E-state index is 9.78. The van der Waals surface area contributed by atoms with E-state index in [1.54, 1.807) is 0 Å². The predicted octanol–water partition coefficient (Wildman–Crippen LogP) is 3.38. The first kappa shape index (κ1) is 10.8. The van der Waals surface area contributed by atoms with Crippen molar-refractivity contribution in [3.63, 3.8) is 0 Å². The lowest BCUT2D eigenvalue weighted by Crippen LogP contribution is -1.94. The second kappa shape index (κ2) is 4.85. The lowest BCUT2D eigenvalue weighted by molar-refractivity contribution is 0.468. The Labute approximate surface area is 86.1 Å². The monoisotopic (exact) mass is 190 g/mol. The van der Waals surface area contributed by atoms with Gasteiger partial charge in [0, 0.05) is 5.56 Å². The van der Waals surface area contributed by atoms with Crippen molar-refractivity contribution >= 4 is 0 Å². The lowest BCUT2D eigenvalue weighted by Gasteiger charge is -2.10. The van der Waals surface area contributed by atoms with Gasteiger partial charge in [-0.15, -0.1) is 6.58 Å². The van der Waals surface area contributed by atoms with Gasteiger partial charge in [0.05, 0.1) is 0 Å². The lowest BCUT2D eigenvalue weighted by atomic mass is 9.97. The van der Waals surface area contributed by atoms with Gasteiger partial charge in [-0.25, -0.2) is 0 Å². The highest BCUT2D eigenvalue weighted by molar-refractivity contribution is 5.43. The fourth-order valence-corrected chi connectivity index (χ4v) is 1.74. The third-order valence-electron chi connectivity index (χ3n) is 2.33. The molecule has 0 unspecified atom stereocenters. The Bertz CT molecular complexity index is 326. The molecule has 0 saturated carbocycles. The quantitative estimate of drug-likeness (QED) is 0.722. The van der Waals surface area contributed by atoms with Gasteiger partial charge in [0.1, 0.15) is 5.75 Å². The molecule has 0 amide bonds. The third kappa shape index (κ3) is 2.38. The molecule has 1 nitrogen and oxygen atoms in total. The smallest absolute Gasteiger partial charge is 0.119 e. The Hall–Kier alpha value is -1.24. The predicted molar refractivity (Wildman–Crippen MR) is 60.7 cm³/mol. The maximum absolute atomic E-state index is 9.78. The molecule has 0 aliphatic rings. The number of hydrogen-bond acceptors (Lipinski definition) is 1. The van der Waals surface area contributed by atoms with Crippen LogP contribution in [0, 0.1) is 6.92 Å². The fraction of sp³-hybridized carbons (Fsp3) is 0.385. The number of rotatable bonds is 4. The molecular formula is C13H18O. The first-order chi connectivity index (χ1) is 6.69. The van der Waals surface area contributed by atoms with Gasteiger partial charge in [-0.3, -0.25) is 0 Å². The summed E-state index contributed by atoms with van der Waals surface area (Å²) in [6, 6.07) is 3.97. The topological polar surface area (TPSA) is 20.2 Å². The SMILES string of the molecule is C=CCc1c(O)cc(C)cc1CCC. The summed E-state index contributed by atoms with van der Waals surface area (Å²) < 4.78 is 0. The molecule has 1 aromatic carbocycles. The molecule has 0 saturated heterocycles. The molecular weight excluding hydrogens is 172 g/mol. The number of phenols is 1. The summed E-state index contributed by atoms with van der Waals surface area (Å²) in [6.45, 7) is 7.87. The largest absolute Gasteiger partial charge is 0.508 e. The van der Waals surface area contributed by atoms with Crippen molar-refractivity contribution in [2.75, 3.05) is 0 Å². The molecule has 1 aromatic rings. The van der Waals surface area contributed by atoms with Gasteiger partial charge >= 0.3 is 0 Å². The van der Waals surface area contributed by atoms with E-state index in [0.29, 0.717) is 5.75 Å². The zero-order valence-corrected chi connectivity index (χ0v) is 9.01. The van der Waals surface area contributed by atoms with Crippen molar-refractivity contribution in [2.24, 2.45) is 0 Å². The van der Waals surface area contributed by atoms with Gasteiger partial charge < -0.3 is 5.11 Å². The van der Waals surface area contributed by atoms with E-state index in [-0.39, 0.29) is 0 Å². The Morgan fingerprint density at radius 2 is 2.14 bits per heavy atom. The van der Waals surface area contributed by atoms with E-state index in [2.05, 4.69) is 19.6 Å². The Balaban J connectivity index is 3.13. The molecule has 1 rings (SSSR count). The summed E-state index contributed by atoms with van der Waals surface area (Å²) in [7, 11) is 0. The van der Waals surface area contributed by atoms with E-state index in [1.807, 2.05) is 19.1 Å². The van der Waals surface area contributed by atoms with Crippen LogP contribution in [0.25, 0.3) is 0 Å². The van der Waals surface area contributed by atoms with Crippen molar-refractivity contribution in [3.8, 4) is 5.75 Å². The van der Waals surface area contributed by atoms with Gasteiger partial charge in [0.15, 0.2) is 0 Å². The normalized spacial score (nSPS) is 10.1. The average molecular weight is 190 g/mol. The number of phenolic OH excluding ortho intramolecular Hbond substituents is 1. The Kier molecular flexibility index (Phi) is 3.75. The summed E-state index contributed by atoms with van der Waals surface area (Å²) in [5.74, 6) is 0.411. The van der Waals surface area contributed by atoms with Crippen molar-refractivity contribution in [1.29, 1.82) is 0 Å². The fourth-order valence-electron chi connectivity index (χ4n) is 1.74. The minimum absolute atomic E-state index is 0.411. The molecule has 0 bridgehead atoms. The second-order valence-electron chi connectivity index (χ2n) is 3.66. The van der Waals surface area contributed by atoms with Crippen LogP contribution >= 0.6 is 0 Å². The average Bonchev–Trinajstić information content (AvgIpc) is 2.11. The number of aromatic hydroxyl groups is 1. The highest BCUT2D eigenvalue weighted by atomic mass is 16.3. The minimum Gasteiger partial charge on any atom is -0.508 e. The first-order valence-corrected chi connectivity index (χ1v) is 5.11. The molecule has 76 valence electrons. The number of allylic oxidation sites excluding steroid dienone is 1. The van der Waals surface area contributed by atoms with Gasteiger partial charge in [0.2, 0.25) is 0 Å². The summed E-state index contributed by atoms with van der Waals surface area (Å²) in [4.78, 5) is 0. The molecule has 14 heavy (non-hydrogen) atoms. The maximum Gasteiger partial charge on any atom is 0.119 e. The van der Waals surface area contributed by atoms with E-state index in [0.717, 1.165) is 30.4 Å². The van der Waals surface area contributed by atoms with E-state index in [4.69, 9.17) is 0 Å². The summed E-state index contributed by atoms with van der Waals surface area (Å²) in [5, 5.41) is 9.78. The van der Waals surface area contributed by atoms with E-state index in [9.17, 15) is 5.11 Å².